The monoisotopic (exact) mass is 250 g/mol. The van der Waals surface area contributed by atoms with Crippen LogP contribution in [0.15, 0.2) is 36.8 Å². The second kappa shape index (κ2) is 5.95. The van der Waals surface area contributed by atoms with E-state index in [1.54, 1.807) is 31.2 Å². The number of esters is 1. The average molecular weight is 250 g/mol. The van der Waals surface area contributed by atoms with Crippen LogP contribution in [0.2, 0.25) is 0 Å². The molecule has 0 fully saturated rings. The van der Waals surface area contributed by atoms with Crippen molar-refractivity contribution in [3.8, 4) is 5.75 Å². The van der Waals surface area contributed by atoms with Gasteiger partial charge in [-0.15, -0.1) is 0 Å². The Kier molecular flexibility index (Phi) is 4.06. The van der Waals surface area contributed by atoms with Crippen molar-refractivity contribution in [1.82, 2.24) is 0 Å². The SMILES string of the molecule is CCOC(=O)c1cccc(OCC2OC=CO2)c1. The smallest absolute Gasteiger partial charge is 0.338 e. The summed E-state index contributed by atoms with van der Waals surface area (Å²) in [6.07, 6.45) is 2.49. The first-order valence-electron chi connectivity index (χ1n) is 5.65. The second-order valence-electron chi connectivity index (χ2n) is 3.53. The van der Waals surface area contributed by atoms with Gasteiger partial charge in [-0.25, -0.2) is 4.79 Å². The van der Waals surface area contributed by atoms with Gasteiger partial charge in [0.2, 0.25) is 0 Å². The fourth-order valence-electron chi connectivity index (χ4n) is 1.44. The molecule has 0 amide bonds. The Balaban J connectivity index is 1.92. The summed E-state index contributed by atoms with van der Waals surface area (Å²) >= 11 is 0. The van der Waals surface area contributed by atoms with Crippen LogP contribution in [0.1, 0.15) is 17.3 Å². The largest absolute Gasteiger partial charge is 0.486 e. The molecule has 1 aliphatic rings. The lowest BCUT2D eigenvalue weighted by Crippen LogP contribution is -2.18. The van der Waals surface area contributed by atoms with Gasteiger partial charge in [-0.2, -0.15) is 0 Å². The van der Waals surface area contributed by atoms with E-state index in [0.29, 0.717) is 17.9 Å². The molecule has 0 aliphatic carbocycles. The molecule has 0 aromatic heterocycles. The Morgan fingerprint density at radius 1 is 1.33 bits per heavy atom. The van der Waals surface area contributed by atoms with E-state index in [0.717, 1.165) is 0 Å². The summed E-state index contributed by atoms with van der Waals surface area (Å²) in [5, 5.41) is 0. The summed E-state index contributed by atoms with van der Waals surface area (Å²) in [6.45, 7) is 2.36. The van der Waals surface area contributed by atoms with Crippen LogP contribution in [0.3, 0.4) is 0 Å². The first kappa shape index (κ1) is 12.3. The van der Waals surface area contributed by atoms with Gasteiger partial charge in [-0.3, -0.25) is 0 Å². The number of hydrogen-bond acceptors (Lipinski definition) is 5. The zero-order valence-electron chi connectivity index (χ0n) is 10.00. The minimum Gasteiger partial charge on any atom is -0.486 e. The van der Waals surface area contributed by atoms with Crippen LogP contribution >= 0.6 is 0 Å². The fourth-order valence-corrected chi connectivity index (χ4v) is 1.44. The Bertz CT molecular complexity index is 433. The van der Waals surface area contributed by atoms with Crippen molar-refractivity contribution in [1.29, 1.82) is 0 Å². The third-order valence-corrected chi connectivity index (χ3v) is 2.25. The van der Waals surface area contributed by atoms with Gasteiger partial charge in [-0.05, 0) is 25.1 Å². The normalized spacial score (nSPS) is 13.8. The number of hydrogen-bond donors (Lipinski definition) is 0. The molecule has 2 rings (SSSR count). The van der Waals surface area contributed by atoms with Gasteiger partial charge >= 0.3 is 5.97 Å². The Hall–Kier alpha value is -2.17. The molecule has 0 spiro atoms. The van der Waals surface area contributed by atoms with Gasteiger partial charge in [0.25, 0.3) is 6.29 Å². The molecule has 0 bridgehead atoms. The van der Waals surface area contributed by atoms with Crippen molar-refractivity contribution in [2.45, 2.75) is 13.2 Å². The van der Waals surface area contributed by atoms with E-state index in [9.17, 15) is 4.79 Å². The van der Waals surface area contributed by atoms with E-state index >= 15 is 0 Å². The molecule has 5 nitrogen and oxygen atoms in total. The molecule has 0 radical (unpaired) electrons. The van der Waals surface area contributed by atoms with Gasteiger partial charge in [-0.1, -0.05) is 6.07 Å². The van der Waals surface area contributed by atoms with E-state index in [1.165, 1.54) is 12.5 Å². The number of carbonyl (C=O) groups excluding carboxylic acids is 1. The summed E-state index contributed by atoms with van der Waals surface area (Å²) in [7, 11) is 0. The molecular formula is C13H14O5. The molecule has 0 saturated carbocycles. The highest BCUT2D eigenvalue weighted by molar-refractivity contribution is 5.89. The number of carbonyl (C=O) groups is 1. The van der Waals surface area contributed by atoms with Crippen LogP contribution in [-0.4, -0.2) is 25.5 Å². The number of ether oxygens (including phenoxy) is 4. The molecule has 96 valence electrons. The van der Waals surface area contributed by atoms with Crippen molar-refractivity contribution in [2.24, 2.45) is 0 Å². The molecular weight excluding hydrogens is 236 g/mol. The van der Waals surface area contributed by atoms with Gasteiger partial charge in [0.1, 0.15) is 18.3 Å². The molecule has 1 heterocycles. The van der Waals surface area contributed by atoms with E-state index in [1.807, 2.05) is 0 Å². The van der Waals surface area contributed by atoms with E-state index in [-0.39, 0.29) is 12.6 Å². The molecule has 5 heteroatoms. The lowest BCUT2D eigenvalue weighted by Gasteiger charge is -2.12. The van der Waals surface area contributed by atoms with Crippen molar-refractivity contribution < 1.29 is 23.7 Å². The molecule has 1 aromatic carbocycles. The highest BCUT2D eigenvalue weighted by atomic mass is 16.7. The third kappa shape index (κ3) is 3.16. The predicted octanol–water partition coefficient (Wildman–Crippen LogP) is 2.09. The topological polar surface area (TPSA) is 54.0 Å². The molecule has 1 aliphatic heterocycles. The van der Waals surface area contributed by atoms with Crippen molar-refractivity contribution >= 4 is 5.97 Å². The maximum absolute atomic E-state index is 11.5. The summed E-state index contributed by atoms with van der Waals surface area (Å²) in [4.78, 5) is 11.5. The highest BCUT2D eigenvalue weighted by Crippen LogP contribution is 2.16. The third-order valence-electron chi connectivity index (χ3n) is 2.25. The van der Waals surface area contributed by atoms with Crippen molar-refractivity contribution in [3.63, 3.8) is 0 Å². The molecule has 1 aromatic rings. The van der Waals surface area contributed by atoms with E-state index in [2.05, 4.69) is 0 Å². The first-order chi connectivity index (χ1) is 8.79. The van der Waals surface area contributed by atoms with Crippen molar-refractivity contribution in [2.75, 3.05) is 13.2 Å². The van der Waals surface area contributed by atoms with Crippen LogP contribution in [0, 0.1) is 0 Å². The first-order valence-corrected chi connectivity index (χ1v) is 5.65. The fraction of sp³-hybridized carbons (Fsp3) is 0.308. The van der Waals surface area contributed by atoms with E-state index < -0.39 is 6.29 Å². The maximum atomic E-state index is 11.5. The predicted molar refractivity (Wildman–Crippen MR) is 63.0 cm³/mol. The van der Waals surface area contributed by atoms with Crippen LogP contribution in [0.5, 0.6) is 5.75 Å². The quantitative estimate of drug-likeness (QED) is 0.749. The molecule has 0 saturated heterocycles. The van der Waals surface area contributed by atoms with Crippen LogP contribution in [-0.2, 0) is 14.2 Å². The van der Waals surface area contributed by atoms with Crippen LogP contribution in [0.4, 0.5) is 0 Å². The minimum absolute atomic E-state index is 0.249. The Labute approximate surface area is 105 Å². The van der Waals surface area contributed by atoms with Crippen LogP contribution in [0.25, 0.3) is 0 Å². The maximum Gasteiger partial charge on any atom is 0.338 e. The number of rotatable bonds is 5. The molecule has 18 heavy (non-hydrogen) atoms. The lowest BCUT2D eigenvalue weighted by atomic mass is 10.2. The zero-order valence-corrected chi connectivity index (χ0v) is 10.00. The second-order valence-corrected chi connectivity index (χ2v) is 3.53. The summed E-state index contributed by atoms with van der Waals surface area (Å²) in [5.74, 6) is 0.206. The minimum atomic E-state index is -0.434. The summed E-state index contributed by atoms with van der Waals surface area (Å²) < 4.78 is 20.5. The zero-order chi connectivity index (χ0) is 12.8. The molecule has 0 N–H and O–H groups in total. The highest BCUT2D eigenvalue weighted by Gasteiger charge is 2.13. The number of benzene rings is 1. The Morgan fingerprint density at radius 2 is 2.11 bits per heavy atom. The van der Waals surface area contributed by atoms with Crippen molar-refractivity contribution in [3.05, 3.63) is 42.4 Å². The lowest BCUT2D eigenvalue weighted by molar-refractivity contribution is -0.0520. The van der Waals surface area contributed by atoms with Gasteiger partial charge < -0.3 is 18.9 Å². The van der Waals surface area contributed by atoms with Gasteiger partial charge in [0.15, 0.2) is 6.61 Å². The van der Waals surface area contributed by atoms with Gasteiger partial charge in [0, 0.05) is 0 Å². The Morgan fingerprint density at radius 3 is 2.83 bits per heavy atom. The van der Waals surface area contributed by atoms with Crippen LogP contribution < -0.4 is 4.74 Å². The summed E-state index contributed by atoms with van der Waals surface area (Å²) in [5.41, 5.74) is 0.459. The van der Waals surface area contributed by atoms with Gasteiger partial charge in [0.05, 0.1) is 12.2 Å². The molecule has 0 atom stereocenters. The summed E-state index contributed by atoms with van der Waals surface area (Å²) in [6, 6.07) is 6.79. The standard InChI is InChI=1S/C13H14O5/c1-2-15-13(14)10-4-3-5-11(8-10)18-9-12-16-6-7-17-12/h3-8,12H,2,9H2,1H3. The average Bonchev–Trinajstić information content (AvgIpc) is 2.90. The molecule has 0 unspecified atom stereocenters. The van der Waals surface area contributed by atoms with E-state index in [4.69, 9.17) is 18.9 Å².